The Labute approximate surface area is 147 Å². The summed E-state index contributed by atoms with van der Waals surface area (Å²) in [5.74, 6) is -0.164. The molecule has 3 amide bonds. The van der Waals surface area contributed by atoms with Crippen LogP contribution < -0.4 is 11.1 Å². The number of primary amides is 1. The van der Waals surface area contributed by atoms with Crippen molar-refractivity contribution in [2.45, 2.75) is 19.3 Å². The normalized spacial score (nSPS) is 17.1. The predicted octanol–water partition coefficient (Wildman–Crippen LogP) is 2.87. The summed E-state index contributed by atoms with van der Waals surface area (Å²) in [6, 6.07) is 11.4. The van der Waals surface area contributed by atoms with Gasteiger partial charge in [-0.3, -0.25) is 9.78 Å². The fourth-order valence-corrected chi connectivity index (χ4v) is 3.27. The number of nitrogens with zero attached hydrogens (tertiary/aromatic N) is 2. The second-order valence-electron chi connectivity index (χ2n) is 6.34. The highest BCUT2D eigenvalue weighted by atomic mass is 16.2. The Hall–Kier alpha value is -2.89. The number of nitrogens with two attached hydrogens (primary N) is 1. The third-order valence-electron chi connectivity index (χ3n) is 4.46. The van der Waals surface area contributed by atoms with E-state index in [1.54, 1.807) is 17.3 Å². The second-order valence-corrected chi connectivity index (χ2v) is 6.34. The Morgan fingerprint density at radius 2 is 1.96 bits per heavy atom. The van der Waals surface area contributed by atoms with Crippen LogP contribution in [0, 0.1) is 5.92 Å². The minimum Gasteiger partial charge on any atom is -0.370 e. The number of aromatic nitrogens is 1. The maximum Gasteiger partial charge on any atom is 0.321 e. The molecule has 3 N–H and O–H groups in total. The highest BCUT2D eigenvalue weighted by Gasteiger charge is 2.25. The molecule has 2 aromatic rings. The average Bonchev–Trinajstić information content (AvgIpc) is 2.62. The molecule has 1 aromatic heterocycles. The zero-order valence-electron chi connectivity index (χ0n) is 14.0. The fourth-order valence-electron chi connectivity index (χ4n) is 3.27. The molecule has 130 valence electrons. The van der Waals surface area contributed by atoms with Gasteiger partial charge in [-0.15, -0.1) is 0 Å². The molecular weight excluding hydrogens is 316 g/mol. The van der Waals surface area contributed by atoms with E-state index in [-0.39, 0.29) is 17.9 Å². The van der Waals surface area contributed by atoms with Gasteiger partial charge in [0.1, 0.15) is 0 Å². The quantitative estimate of drug-likeness (QED) is 0.898. The first-order chi connectivity index (χ1) is 12.1. The lowest BCUT2D eigenvalue weighted by atomic mass is 9.95. The monoisotopic (exact) mass is 338 g/mol. The number of hydrogen-bond donors (Lipinski definition) is 2. The van der Waals surface area contributed by atoms with Crippen LogP contribution in [0.3, 0.4) is 0 Å². The third kappa shape index (κ3) is 4.35. The van der Waals surface area contributed by atoms with Crippen LogP contribution in [-0.4, -0.2) is 34.9 Å². The third-order valence-corrected chi connectivity index (χ3v) is 4.46. The molecule has 1 aromatic carbocycles. The summed E-state index contributed by atoms with van der Waals surface area (Å²) in [6.07, 6.45) is 5.61. The fraction of sp³-hybridized carbons (Fsp3) is 0.316. The SMILES string of the molecule is NC(=O)C[C@@H]1CCCN(C(=O)Nc2ccccc2-c2ccncc2)C1. The molecule has 6 heteroatoms. The first-order valence-electron chi connectivity index (χ1n) is 8.47. The maximum absolute atomic E-state index is 12.7. The Balaban J connectivity index is 1.72. The summed E-state index contributed by atoms with van der Waals surface area (Å²) in [7, 11) is 0. The number of hydrogen-bond acceptors (Lipinski definition) is 3. The molecule has 1 fully saturated rings. The molecule has 6 nitrogen and oxygen atoms in total. The van der Waals surface area contributed by atoms with Crippen LogP contribution in [-0.2, 0) is 4.79 Å². The number of piperidine rings is 1. The van der Waals surface area contributed by atoms with Crippen molar-refractivity contribution >= 4 is 17.6 Å². The van der Waals surface area contributed by atoms with Gasteiger partial charge in [-0.2, -0.15) is 0 Å². The predicted molar refractivity (Wildman–Crippen MR) is 96.8 cm³/mol. The van der Waals surface area contributed by atoms with Crippen LogP contribution in [0.4, 0.5) is 10.5 Å². The lowest BCUT2D eigenvalue weighted by Crippen LogP contribution is -2.43. The minimum atomic E-state index is -0.310. The summed E-state index contributed by atoms with van der Waals surface area (Å²) in [5.41, 5.74) is 7.99. The van der Waals surface area contributed by atoms with Gasteiger partial charge in [0.15, 0.2) is 0 Å². The number of carbonyl (C=O) groups excluding carboxylic acids is 2. The molecule has 0 bridgehead atoms. The van der Waals surface area contributed by atoms with Crippen LogP contribution in [0.25, 0.3) is 11.1 Å². The summed E-state index contributed by atoms with van der Waals surface area (Å²) in [5, 5.41) is 3.00. The van der Waals surface area contributed by atoms with E-state index in [2.05, 4.69) is 10.3 Å². The van der Waals surface area contributed by atoms with Gasteiger partial charge < -0.3 is 16.0 Å². The molecule has 2 heterocycles. The summed E-state index contributed by atoms with van der Waals surface area (Å²) in [4.78, 5) is 29.6. The molecular formula is C19H22N4O2. The van der Waals surface area contributed by atoms with Gasteiger partial charge in [0, 0.05) is 37.5 Å². The maximum atomic E-state index is 12.7. The van der Waals surface area contributed by atoms with Crippen LogP contribution in [0.5, 0.6) is 0 Å². The lowest BCUT2D eigenvalue weighted by molar-refractivity contribution is -0.119. The standard InChI is InChI=1S/C19H22N4O2/c20-18(24)12-14-4-3-11-23(13-14)19(25)22-17-6-2-1-5-16(17)15-7-9-21-10-8-15/h1-2,5-10,14H,3-4,11-13H2,(H2,20,24)(H,22,25)/t14-/m0/s1. The van der Waals surface area contributed by atoms with E-state index in [0.717, 1.165) is 29.7 Å². The minimum absolute atomic E-state index is 0.143. The van der Waals surface area contributed by atoms with Gasteiger partial charge in [0.05, 0.1) is 5.69 Å². The molecule has 0 spiro atoms. The highest BCUT2D eigenvalue weighted by Crippen LogP contribution is 2.28. The Morgan fingerprint density at radius 1 is 1.20 bits per heavy atom. The average molecular weight is 338 g/mol. The molecule has 3 rings (SSSR count). The molecule has 1 saturated heterocycles. The number of likely N-dealkylation sites (tertiary alicyclic amines) is 1. The first kappa shape index (κ1) is 17.0. The molecule has 1 aliphatic rings. The molecule has 0 saturated carbocycles. The van der Waals surface area contributed by atoms with E-state index in [9.17, 15) is 9.59 Å². The van der Waals surface area contributed by atoms with E-state index in [4.69, 9.17) is 5.73 Å². The van der Waals surface area contributed by atoms with E-state index < -0.39 is 0 Å². The van der Waals surface area contributed by atoms with Crippen molar-refractivity contribution in [2.75, 3.05) is 18.4 Å². The van der Waals surface area contributed by atoms with E-state index in [0.29, 0.717) is 19.5 Å². The number of pyridine rings is 1. The molecule has 1 atom stereocenters. The molecule has 0 aliphatic carbocycles. The summed E-state index contributed by atoms with van der Waals surface area (Å²) < 4.78 is 0. The number of benzene rings is 1. The van der Waals surface area contributed by atoms with Crippen molar-refractivity contribution < 1.29 is 9.59 Å². The van der Waals surface area contributed by atoms with E-state index >= 15 is 0 Å². The molecule has 25 heavy (non-hydrogen) atoms. The molecule has 1 aliphatic heterocycles. The van der Waals surface area contributed by atoms with Crippen molar-refractivity contribution in [1.29, 1.82) is 0 Å². The highest BCUT2D eigenvalue weighted by molar-refractivity contribution is 5.94. The number of para-hydroxylation sites is 1. The van der Waals surface area contributed by atoms with Crippen LogP contribution in [0.1, 0.15) is 19.3 Å². The van der Waals surface area contributed by atoms with Gasteiger partial charge in [-0.25, -0.2) is 4.79 Å². The van der Waals surface area contributed by atoms with Crippen molar-refractivity contribution in [2.24, 2.45) is 11.7 Å². The summed E-state index contributed by atoms with van der Waals surface area (Å²) in [6.45, 7) is 1.25. The smallest absolute Gasteiger partial charge is 0.321 e. The number of amides is 3. The topological polar surface area (TPSA) is 88.3 Å². The number of anilines is 1. The Morgan fingerprint density at radius 3 is 2.72 bits per heavy atom. The van der Waals surface area contributed by atoms with Crippen molar-refractivity contribution in [3.05, 3.63) is 48.8 Å². The zero-order valence-corrected chi connectivity index (χ0v) is 14.0. The zero-order chi connectivity index (χ0) is 17.6. The van der Waals surface area contributed by atoms with Crippen molar-refractivity contribution in [3.63, 3.8) is 0 Å². The second kappa shape index (κ2) is 7.79. The number of nitrogens with one attached hydrogen (secondary N) is 1. The van der Waals surface area contributed by atoms with Gasteiger partial charge in [0.2, 0.25) is 5.91 Å². The van der Waals surface area contributed by atoms with E-state index in [1.165, 1.54) is 0 Å². The lowest BCUT2D eigenvalue weighted by Gasteiger charge is -2.32. The first-order valence-corrected chi connectivity index (χ1v) is 8.47. The molecule has 0 unspecified atom stereocenters. The van der Waals surface area contributed by atoms with Crippen molar-refractivity contribution in [1.82, 2.24) is 9.88 Å². The number of carbonyl (C=O) groups is 2. The van der Waals surface area contributed by atoms with Crippen LogP contribution >= 0.6 is 0 Å². The largest absolute Gasteiger partial charge is 0.370 e. The van der Waals surface area contributed by atoms with Gasteiger partial charge in [-0.05, 0) is 42.5 Å². The molecule has 0 radical (unpaired) electrons. The van der Waals surface area contributed by atoms with Gasteiger partial charge in [0.25, 0.3) is 0 Å². The number of urea groups is 1. The summed E-state index contributed by atoms with van der Waals surface area (Å²) >= 11 is 0. The van der Waals surface area contributed by atoms with Crippen molar-refractivity contribution in [3.8, 4) is 11.1 Å². The van der Waals surface area contributed by atoms with Crippen LogP contribution in [0.2, 0.25) is 0 Å². The van der Waals surface area contributed by atoms with E-state index in [1.807, 2.05) is 36.4 Å². The van der Waals surface area contributed by atoms with Crippen LogP contribution in [0.15, 0.2) is 48.8 Å². The number of rotatable bonds is 4. The van der Waals surface area contributed by atoms with Gasteiger partial charge >= 0.3 is 6.03 Å². The Kier molecular flexibility index (Phi) is 5.28. The van der Waals surface area contributed by atoms with Gasteiger partial charge in [-0.1, -0.05) is 18.2 Å². The Bertz CT molecular complexity index is 748.